The van der Waals surface area contributed by atoms with Gasteiger partial charge in [-0.1, -0.05) is 49.4 Å². The summed E-state index contributed by atoms with van der Waals surface area (Å²) in [7, 11) is 0. The minimum atomic E-state index is -4.29. The van der Waals surface area contributed by atoms with Crippen LogP contribution in [0.15, 0.2) is 54.6 Å². The molecule has 4 heteroatoms. The number of rotatable bonds is 5. The SMILES string of the molecule is CC(c1ccc(C(F)(F)F)cc1)C(CCN)c1ccccc1. The van der Waals surface area contributed by atoms with Gasteiger partial charge >= 0.3 is 6.18 Å². The monoisotopic (exact) mass is 307 g/mol. The summed E-state index contributed by atoms with van der Waals surface area (Å²) in [6.07, 6.45) is -3.50. The van der Waals surface area contributed by atoms with E-state index in [4.69, 9.17) is 5.73 Å². The maximum Gasteiger partial charge on any atom is 0.416 e. The normalized spacial score (nSPS) is 14.6. The minimum Gasteiger partial charge on any atom is -0.330 e. The predicted octanol–water partition coefficient (Wildman–Crippen LogP) is 4.94. The second kappa shape index (κ2) is 6.97. The summed E-state index contributed by atoms with van der Waals surface area (Å²) in [5, 5.41) is 0. The maximum atomic E-state index is 12.6. The lowest BCUT2D eigenvalue weighted by Crippen LogP contribution is -2.14. The summed E-state index contributed by atoms with van der Waals surface area (Å²) in [4.78, 5) is 0. The highest BCUT2D eigenvalue weighted by molar-refractivity contribution is 5.31. The molecular formula is C18H20F3N. The predicted molar refractivity (Wildman–Crippen MR) is 82.7 cm³/mol. The zero-order valence-corrected chi connectivity index (χ0v) is 12.5. The van der Waals surface area contributed by atoms with Crippen molar-refractivity contribution in [3.8, 4) is 0 Å². The van der Waals surface area contributed by atoms with Crippen molar-refractivity contribution in [2.75, 3.05) is 6.54 Å². The molecule has 0 aliphatic carbocycles. The van der Waals surface area contributed by atoms with Crippen LogP contribution in [0, 0.1) is 0 Å². The van der Waals surface area contributed by atoms with Crippen molar-refractivity contribution in [1.82, 2.24) is 0 Å². The Morgan fingerprint density at radius 2 is 1.50 bits per heavy atom. The van der Waals surface area contributed by atoms with Gasteiger partial charge in [0.2, 0.25) is 0 Å². The maximum absolute atomic E-state index is 12.6. The van der Waals surface area contributed by atoms with Gasteiger partial charge in [-0.25, -0.2) is 0 Å². The van der Waals surface area contributed by atoms with Gasteiger partial charge in [-0.3, -0.25) is 0 Å². The molecule has 0 fully saturated rings. The summed E-state index contributed by atoms with van der Waals surface area (Å²) in [6.45, 7) is 2.58. The van der Waals surface area contributed by atoms with Crippen LogP contribution >= 0.6 is 0 Å². The molecule has 0 aliphatic heterocycles. The second-order valence-electron chi connectivity index (χ2n) is 5.50. The molecule has 0 bridgehead atoms. The quantitative estimate of drug-likeness (QED) is 0.831. The zero-order chi connectivity index (χ0) is 16.2. The summed E-state index contributed by atoms with van der Waals surface area (Å²) < 4.78 is 37.9. The molecule has 0 radical (unpaired) electrons. The molecular weight excluding hydrogens is 287 g/mol. The van der Waals surface area contributed by atoms with E-state index in [1.165, 1.54) is 5.56 Å². The van der Waals surface area contributed by atoms with Crippen LogP contribution in [0.25, 0.3) is 0 Å². The molecule has 22 heavy (non-hydrogen) atoms. The van der Waals surface area contributed by atoms with Crippen LogP contribution in [-0.4, -0.2) is 6.54 Å². The minimum absolute atomic E-state index is 0.105. The van der Waals surface area contributed by atoms with E-state index in [1.807, 2.05) is 37.3 Å². The Labute approximate surface area is 129 Å². The summed E-state index contributed by atoms with van der Waals surface area (Å²) in [5.41, 5.74) is 7.17. The Hall–Kier alpha value is -1.81. The highest BCUT2D eigenvalue weighted by Gasteiger charge is 2.30. The molecule has 0 aromatic heterocycles. The molecule has 0 heterocycles. The zero-order valence-electron chi connectivity index (χ0n) is 12.5. The third kappa shape index (κ3) is 3.89. The number of nitrogens with two attached hydrogens (primary N) is 1. The van der Waals surface area contributed by atoms with Gasteiger partial charge in [-0.2, -0.15) is 13.2 Å². The van der Waals surface area contributed by atoms with E-state index >= 15 is 0 Å². The highest BCUT2D eigenvalue weighted by atomic mass is 19.4. The molecule has 1 nitrogen and oxygen atoms in total. The van der Waals surface area contributed by atoms with Gasteiger partial charge < -0.3 is 5.73 Å². The molecule has 2 aromatic carbocycles. The van der Waals surface area contributed by atoms with Crippen molar-refractivity contribution >= 4 is 0 Å². The van der Waals surface area contributed by atoms with Crippen molar-refractivity contribution < 1.29 is 13.2 Å². The van der Waals surface area contributed by atoms with Crippen molar-refractivity contribution in [1.29, 1.82) is 0 Å². The lowest BCUT2D eigenvalue weighted by atomic mass is 9.80. The first-order valence-electron chi connectivity index (χ1n) is 7.35. The third-order valence-electron chi connectivity index (χ3n) is 4.07. The molecule has 2 unspecified atom stereocenters. The van der Waals surface area contributed by atoms with E-state index in [2.05, 4.69) is 0 Å². The van der Waals surface area contributed by atoms with Gasteiger partial charge in [0.15, 0.2) is 0 Å². The van der Waals surface area contributed by atoms with Crippen LogP contribution in [0.4, 0.5) is 13.2 Å². The fourth-order valence-electron chi connectivity index (χ4n) is 2.79. The van der Waals surface area contributed by atoms with Crippen molar-refractivity contribution in [3.05, 3.63) is 71.3 Å². The van der Waals surface area contributed by atoms with Crippen molar-refractivity contribution in [2.45, 2.75) is 31.4 Å². The first-order chi connectivity index (χ1) is 10.4. The second-order valence-corrected chi connectivity index (χ2v) is 5.50. The molecule has 2 atom stereocenters. The van der Waals surface area contributed by atoms with Gasteiger partial charge in [0, 0.05) is 0 Å². The first kappa shape index (κ1) is 16.6. The summed E-state index contributed by atoms with van der Waals surface area (Å²) in [5.74, 6) is 0.302. The Morgan fingerprint density at radius 1 is 0.909 bits per heavy atom. The van der Waals surface area contributed by atoms with E-state index in [-0.39, 0.29) is 11.8 Å². The molecule has 2 N–H and O–H groups in total. The van der Waals surface area contributed by atoms with Crippen LogP contribution in [0.1, 0.15) is 41.9 Å². The summed E-state index contributed by atoms with van der Waals surface area (Å²) >= 11 is 0. The van der Waals surface area contributed by atoms with Crippen LogP contribution < -0.4 is 5.73 Å². The lowest BCUT2D eigenvalue weighted by Gasteiger charge is -2.25. The van der Waals surface area contributed by atoms with Crippen LogP contribution in [-0.2, 0) is 6.18 Å². The summed E-state index contributed by atoms with van der Waals surface area (Å²) in [6, 6.07) is 15.4. The first-order valence-corrected chi connectivity index (χ1v) is 7.35. The topological polar surface area (TPSA) is 26.0 Å². The Balaban J connectivity index is 2.25. The standard InChI is InChI=1S/C18H20F3N/c1-13(14-7-9-16(10-8-14)18(19,20)21)17(11-12-22)15-5-3-2-4-6-15/h2-10,13,17H,11-12,22H2,1H3. The van der Waals surface area contributed by atoms with E-state index in [0.717, 1.165) is 24.1 Å². The smallest absolute Gasteiger partial charge is 0.330 e. The number of hydrogen-bond donors (Lipinski definition) is 1. The van der Waals surface area contributed by atoms with E-state index in [0.29, 0.717) is 6.54 Å². The molecule has 0 saturated carbocycles. The van der Waals surface area contributed by atoms with Gasteiger partial charge in [-0.05, 0) is 48.1 Å². The Morgan fingerprint density at radius 3 is 2.00 bits per heavy atom. The molecule has 118 valence electrons. The lowest BCUT2D eigenvalue weighted by molar-refractivity contribution is -0.137. The van der Waals surface area contributed by atoms with Gasteiger partial charge in [-0.15, -0.1) is 0 Å². The number of halogens is 3. The molecule has 0 spiro atoms. The number of alkyl halides is 3. The van der Waals surface area contributed by atoms with Gasteiger partial charge in [0.1, 0.15) is 0 Å². The number of benzene rings is 2. The van der Waals surface area contributed by atoms with Crippen molar-refractivity contribution in [2.24, 2.45) is 5.73 Å². The Bertz CT molecular complexity index is 576. The molecule has 2 aromatic rings. The van der Waals surface area contributed by atoms with E-state index in [1.54, 1.807) is 12.1 Å². The highest BCUT2D eigenvalue weighted by Crippen LogP contribution is 2.36. The van der Waals surface area contributed by atoms with Crippen molar-refractivity contribution in [3.63, 3.8) is 0 Å². The number of hydrogen-bond acceptors (Lipinski definition) is 1. The van der Waals surface area contributed by atoms with Gasteiger partial charge in [0.05, 0.1) is 5.56 Å². The molecule has 0 saturated heterocycles. The largest absolute Gasteiger partial charge is 0.416 e. The average Bonchev–Trinajstić information content (AvgIpc) is 2.52. The Kier molecular flexibility index (Phi) is 5.24. The molecule has 2 rings (SSSR count). The fraction of sp³-hybridized carbons (Fsp3) is 0.333. The van der Waals surface area contributed by atoms with Crippen LogP contribution in [0.5, 0.6) is 0 Å². The third-order valence-corrected chi connectivity index (χ3v) is 4.07. The van der Waals surface area contributed by atoms with E-state index in [9.17, 15) is 13.2 Å². The van der Waals surface area contributed by atoms with Crippen LogP contribution in [0.2, 0.25) is 0 Å². The average molecular weight is 307 g/mol. The molecule has 0 aliphatic rings. The fourth-order valence-corrected chi connectivity index (χ4v) is 2.79. The van der Waals surface area contributed by atoms with Gasteiger partial charge in [0.25, 0.3) is 0 Å². The van der Waals surface area contributed by atoms with E-state index < -0.39 is 11.7 Å². The van der Waals surface area contributed by atoms with Crippen LogP contribution in [0.3, 0.4) is 0 Å². The molecule has 0 amide bonds.